The van der Waals surface area contributed by atoms with E-state index in [1.54, 1.807) is 0 Å². The van der Waals surface area contributed by atoms with E-state index < -0.39 is 11.6 Å². The quantitative estimate of drug-likeness (QED) is 0.305. The molecule has 0 radical (unpaired) electrons. The van der Waals surface area contributed by atoms with Gasteiger partial charge < -0.3 is 0 Å². The fourth-order valence-electron chi connectivity index (χ4n) is 0.837. The van der Waals surface area contributed by atoms with Crippen LogP contribution in [0.5, 0.6) is 0 Å². The zero-order chi connectivity index (χ0) is 8.43. The molecule has 0 atom stereocenters. The molecule has 0 spiro atoms. The fraction of sp³-hybridized carbons (Fsp3) is 0.125. The predicted molar refractivity (Wildman–Crippen MR) is 37.9 cm³/mol. The number of aldehydes is 1. The van der Waals surface area contributed by atoms with E-state index in [2.05, 4.69) is 6.58 Å². The van der Waals surface area contributed by atoms with Crippen molar-refractivity contribution < 1.29 is 14.4 Å². The Kier molecular flexibility index (Phi) is 1.81. The van der Waals surface area contributed by atoms with Crippen LogP contribution in [0.3, 0.4) is 0 Å². The second kappa shape index (κ2) is 2.62. The average Bonchev–Trinajstić information content (AvgIpc) is 2.01. The second-order valence-corrected chi connectivity index (χ2v) is 2.21. The zero-order valence-electron chi connectivity index (χ0n) is 5.79. The highest BCUT2D eigenvalue weighted by Crippen LogP contribution is 2.14. The van der Waals surface area contributed by atoms with E-state index in [0.29, 0.717) is 6.29 Å². The van der Waals surface area contributed by atoms with Gasteiger partial charge in [0, 0.05) is 17.6 Å². The zero-order valence-corrected chi connectivity index (χ0v) is 5.79. The number of ketones is 2. The van der Waals surface area contributed by atoms with Gasteiger partial charge in [0.15, 0.2) is 0 Å². The van der Waals surface area contributed by atoms with Crippen molar-refractivity contribution in [3.05, 3.63) is 23.8 Å². The second-order valence-electron chi connectivity index (χ2n) is 2.21. The van der Waals surface area contributed by atoms with Crippen molar-refractivity contribution >= 4 is 17.9 Å². The van der Waals surface area contributed by atoms with Gasteiger partial charge in [0.25, 0.3) is 0 Å². The van der Waals surface area contributed by atoms with Crippen LogP contribution in [-0.4, -0.2) is 17.9 Å². The van der Waals surface area contributed by atoms with Crippen LogP contribution in [0, 0.1) is 0 Å². The first kappa shape index (κ1) is 7.60. The van der Waals surface area contributed by atoms with Crippen molar-refractivity contribution in [1.29, 1.82) is 0 Å². The lowest BCUT2D eigenvalue weighted by Gasteiger charge is -2.07. The van der Waals surface area contributed by atoms with Crippen LogP contribution in [0.15, 0.2) is 23.8 Å². The third kappa shape index (κ3) is 1.17. The van der Waals surface area contributed by atoms with Crippen LogP contribution in [0.2, 0.25) is 0 Å². The Morgan fingerprint density at radius 2 is 2.09 bits per heavy atom. The Morgan fingerprint density at radius 1 is 1.45 bits per heavy atom. The summed E-state index contributed by atoms with van der Waals surface area (Å²) in [5.41, 5.74) is 0.242. The van der Waals surface area contributed by atoms with E-state index in [1.165, 1.54) is 6.08 Å². The summed E-state index contributed by atoms with van der Waals surface area (Å²) < 4.78 is 0. The lowest BCUT2D eigenvalue weighted by atomic mass is 9.94. The van der Waals surface area contributed by atoms with Crippen molar-refractivity contribution in [3.63, 3.8) is 0 Å². The molecule has 0 saturated heterocycles. The summed E-state index contributed by atoms with van der Waals surface area (Å²) in [6.45, 7) is 3.33. The van der Waals surface area contributed by atoms with Gasteiger partial charge in [-0.1, -0.05) is 12.7 Å². The van der Waals surface area contributed by atoms with Crippen LogP contribution in [0.1, 0.15) is 6.42 Å². The van der Waals surface area contributed by atoms with Gasteiger partial charge in [0.05, 0.1) is 0 Å². The topological polar surface area (TPSA) is 51.2 Å². The van der Waals surface area contributed by atoms with Gasteiger partial charge in [-0.3, -0.25) is 14.4 Å². The first-order valence-electron chi connectivity index (χ1n) is 3.09. The molecule has 0 aromatic carbocycles. The molecule has 1 aliphatic rings. The molecule has 3 nitrogen and oxygen atoms in total. The highest BCUT2D eigenvalue weighted by molar-refractivity contribution is 6.46. The number of rotatable bonds is 1. The molecular weight excluding hydrogens is 144 g/mol. The SMILES string of the molecule is C=C1C(=O)C(=O)CC=C1C=O. The minimum Gasteiger partial charge on any atom is -0.298 e. The van der Waals surface area contributed by atoms with Crippen LogP contribution in [-0.2, 0) is 14.4 Å². The smallest absolute Gasteiger partial charge is 0.229 e. The van der Waals surface area contributed by atoms with E-state index in [4.69, 9.17) is 0 Å². The third-order valence-electron chi connectivity index (χ3n) is 1.51. The van der Waals surface area contributed by atoms with Crippen molar-refractivity contribution in [3.8, 4) is 0 Å². The number of Topliss-reactive ketones (excluding diaryl/α,β-unsaturated/α-hetero) is 2. The number of hydrogen-bond donors (Lipinski definition) is 0. The molecule has 0 amide bonds. The third-order valence-corrected chi connectivity index (χ3v) is 1.51. The Balaban J connectivity index is 3.06. The van der Waals surface area contributed by atoms with E-state index >= 15 is 0 Å². The molecular formula is C8H6O3. The van der Waals surface area contributed by atoms with Gasteiger partial charge >= 0.3 is 0 Å². The van der Waals surface area contributed by atoms with E-state index in [1.807, 2.05) is 0 Å². The Labute approximate surface area is 63.4 Å². The summed E-state index contributed by atoms with van der Waals surface area (Å²) in [5, 5.41) is 0. The minimum absolute atomic E-state index is 0.0104. The highest BCUT2D eigenvalue weighted by Gasteiger charge is 2.23. The lowest BCUT2D eigenvalue weighted by Crippen LogP contribution is -2.20. The lowest BCUT2D eigenvalue weighted by molar-refractivity contribution is -0.134. The number of carbonyl (C=O) groups is 3. The molecule has 56 valence electrons. The molecule has 11 heavy (non-hydrogen) atoms. The molecule has 0 bridgehead atoms. The maximum Gasteiger partial charge on any atom is 0.229 e. The summed E-state index contributed by atoms with van der Waals surface area (Å²) >= 11 is 0. The van der Waals surface area contributed by atoms with Crippen molar-refractivity contribution in [2.45, 2.75) is 6.42 Å². The van der Waals surface area contributed by atoms with Crippen LogP contribution in [0.25, 0.3) is 0 Å². The predicted octanol–water partition coefficient (Wildman–Crippen LogP) is 0.210. The summed E-state index contributed by atoms with van der Waals surface area (Å²) in [6, 6.07) is 0. The first-order valence-corrected chi connectivity index (χ1v) is 3.09. The van der Waals surface area contributed by atoms with Crippen molar-refractivity contribution in [1.82, 2.24) is 0 Å². The number of carbonyl (C=O) groups excluding carboxylic acids is 3. The van der Waals surface area contributed by atoms with E-state index in [9.17, 15) is 14.4 Å². The van der Waals surface area contributed by atoms with Crippen molar-refractivity contribution in [2.75, 3.05) is 0 Å². The van der Waals surface area contributed by atoms with Gasteiger partial charge in [0.1, 0.15) is 6.29 Å². The molecule has 3 heteroatoms. The molecule has 0 N–H and O–H groups in total. The van der Waals surface area contributed by atoms with Gasteiger partial charge in [-0.05, 0) is 0 Å². The molecule has 0 fully saturated rings. The van der Waals surface area contributed by atoms with Crippen molar-refractivity contribution in [2.24, 2.45) is 0 Å². The molecule has 0 aromatic heterocycles. The monoisotopic (exact) mass is 150 g/mol. The van der Waals surface area contributed by atoms with Gasteiger partial charge in [0.2, 0.25) is 11.6 Å². The summed E-state index contributed by atoms with van der Waals surface area (Å²) in [5.74, 6) is -1.14. The van der Waals surface area contributed by atoms with Gasteiger partial charge in [-0.2, -0.15) is 0 Å². The highest BCUT2D eigenvalue weighted by atomic mass is 16.2. The minimum atomic E-state index is -0.644. The maximum atomic E-state index is 10.8. The largest absolute Gasteiger partial charge is 0.298 e. The molecule has 1 rings (SSSR count). The van der Waals surface area contributed by atoms with Crippen LogP contribution < -0.4 is 0 Å². The molecule has 0 heterocycles. The normalized spacial score (nSPS) is 18.2. The van der Waals surface area contributed by atoms with Crippen LogP contribution in [0.4, 0.5) is 0 Å². The molecule has 0 aliphatic heterocycles. The number of allylic oxidation sites excluding steroid dienone is 3. The Morgan fingerprint density at radius 3 is 2.64 bits per heavy atom. The molecule has 0 unspecified atom stereocenters. The average molecular weight is 150 g/mol. The van der Waals surface area contributed by atoms with E-state index in [0.717, 1.165) is 0 Å². The standard InChI is InChI=1S/C8H6O3/c1-5-6(4-9)2-3-7(10)8(5)11/h2,4H,1,3H2. The Bertz CT molecular complexity index is 284. The number of hydrogen-bond acceptors (Lipinski definition) is 3. The van der Waals surface area contributed by atoms with E-state index in [-0.39, 0.29) is 17.6 Å². The summed E-state index contributed by atoms with van der Waals surface area (Å²) in [7, 11) is 0. The van der Waals surface area contributed by atoms with Crippen LogP contribution >= 0.6 is 0 Å². The molecule has 1 aliphatic carbocycles. The molecule has 0 aromatic rings. The first-order chi connectivity index (χ1) is 5.16. The molecule has 0 saturated carbocycles. The fourth-order valence-corrected chi connectivity index (χ4v) is 0.837. The Hall–Kier alpha value is -1.51. The summed E-state index contributed by atoms with van der Waals surface area (Å²) in [4.78, 5) is 31.8. The van der Waals surface area contributed by atoms with Gasteiger partial charge in [-0.25, -0.2) is 0 Å². The maximum absolute atomic E-state index is 10.8. The summed E-state index contributed by atoms with van der Waals surface area (Å²) in [6.07, 6.45) is 1.97. The van der Waals surface area contributed by atoms with Gasteiger partial charge in [-0.15, -0.1) is 0 Å².